The topological polar surface area (TPSA) is 47.0 Å². The van der Waals surface area contributed by atoms with Gasteiger partial charge in [-0.15, -0.1) is 11.3 Å². The molecule has 2 aromatic heterocycles. The first-order valence-electron chi connectivity index (χ1n) is 5.44. The maximum Gasteiger partial charge on any atom is 0.218 e. The molecule has 4 nitrogen and oxygen atoms in total. The first-order chi connectivity index (χ1) is 8.28. The highest BCUT2D eigenvalue weighted by Gasteiger charge is 2.01. The van der Waals surface area contributed by atoms with Crippen LogP contribution in [-0.2, 0) is 6.42 Å². The minimum atomic E-state index is 0.594. The number of nitrogens with zero attached hydrogens (tertiary/aromatic N) is 2. The van der Waals surface area contributed by atoms with Gasteiger partial charge in [0.25, 0.3) is 0 Å². The molecule has 2 heterocycles. The van der Waals surface area contributed by atoms with Gasteiger partial charge >= 0.3 is 0 Å². The van der Waals surface area contributed by atoms with Crippen LogP contribution in [0.25, 0.3) is 0 Å². The SMILES string of the molecule is COc1cc(NCCc2cccs2)nc(C)n1. The second-order valence-electron chi connectivity index (χ2n) is 3.60. The van der Waals surface area contributed by atoms with Crippen LogP contribution in [0.3, 0.4) is 0 Å². The molecule has 0 saturated heterocycles. The van der Waals surface area contributed by atoms with Crippen LogP contribution in [0, 0.1) is 6.92 Å². The van der Waals surface area contributed by atoms with Crippen molar-refractivity contribution < 1.29 is 4.74 Å². The molecule has 0 amide bonds. The average molecular weight is 249 g/mol. The Kier molecular flexibility index (Phi) is 3.93. The van der Waals surface area contributed by atoms with Crippen molar-refractivity contribution >= 4 is 17.2 Å². The lowest BCUT2D eigenvalue weighted by Crippen LogP contribution is -2.07. The van der Waals surface area contributed by atoms with Gasteiger partial charge in [0.2, 0.25) is 5.88 Å². The van der Waals surface area contributed by atoms with Gasteiger partial charge in [0.15, 0.2) is 0 Å². The Hall–Kier alpha value is -1.62. The second-order valence-corrected chi connectivity index (χ2v) is 4.63. The van der Waals surface area contributed by atoms with E-state index < -0.39 is 0 Å². The third-order valence-electron chi connectivity index (χ3n) is 2.28. The van der Waals surface area contributed by atoms with Crippen molar-refractivity contribution in [3.63, 3.8) is 0 Å². The van der Waals surface area contributed by atoms with Crippen molar-refractivity contribution in [3.05, 3.63) is 34.3 Å². The Morgan fingerprint density at radius 1 is 1.41 bits per heavy atom. The van der Waals surface area contributed by atoms with Gasteiger partial charge in [-0.2, -0.15) is 4.98 Å². The molecule has 0 aromatic carbocycles. The highest BCUT2D eigenvalue weighted by atomic mass is 32.1. The van der Waals surface area contributed by atoms with Gasteiger partial charge in [-0.05, 0) is 24.8 Å². The average Bonchev–Trinajstić information content (AvgIpc) is 2.81. The number of thiophene rings is 1. The molecular weight excluding hydrogens is 234 g/mol. The molecule has 0 aliphatic carbocycles. The number of methoxy groups -OCH3 is 1. The highest BCUT2D eigenvalue weighted by Crippen LogP contribution is 2.13. The Morgan fingerprint density at radius 2 is 2.29 bits per heavy atom. The van der Waals surface area contributed by atoms with Crippen LogP contribution in [0.15, 0.2) is 23.6 Å². The van der Waals surface area contributed by atoms with Gasteiger partial charge in [-0.25, -0.2) is 4.98 Å². The number of nitrogens with one attached hydrogen (secondary N) is 1. The van der Waals surface area contributed by atoms with Crippen molar-refractivity contribution in [3.8, 4) is 5.88 Å². The summed E-state index contributed by atoms with van der Waals surface area (Å²) in [6, 6.07) is 6.01. The molecule has 0 saturated carbocycles. The second kappa shape index (κ2) is 5.63. The summed E-state index contributed by atoms with van der Waals surface area (Å²) in [4.78, 5) is 9.81. The molecule has 2 rings (SSSR count). The van der Waals surface area contributed by atoms with Gasteiger partial charge < -0.3 is 10.1 Å². The number of aryl methyl sites for hydroxylation is 1. The van der Waals surface area contributed by atoms with Crippen LogP contribution in [0.1, 0.15) is 10.7 Å². The lowest BCUT2D eigenvalue weighted by molar-refractivity contribution is 0.396. The van der Waals surface area contributed by atoms with E-state index in [1.807, 2.05) is 6.92 Å². The Morgan fingerprint density at radius 3 is 3.00 bits per heavy atom. The van der Waals surface area contributed by atoms with Crippen molar-refractivity contribution in [2.45, 2.75) is 13.3 Å². The monoisotopic (exact) mass is 249 g/mol. The summed E-state index contributed by atoms with van der Waals surface area (Å²) in [6.07, 6.45) is 1.00. The largest absolute Gasteiger partial charge is 0.481 e. The molecule has 17 heavy (non-hydrogen) atoms. The highest BCUT2D eigenvalue weighted by molar-refractivity contribution is 7.09. The van der Waals surface area contributed by atoms with Crippen LogP contribution in [0.5, 0.6) is 5.88 Å². The molecule has 0 unspecified atom stereocenters. The summed E-state index contributed by atoms with van der Waals surface area (Å²) in [5, 5.41) is 5.36. The zero-order chi connectivity index (χ0) is 12.1. The summed E-state index contributed by atoms with van der Waals surface area (Å²) in [7, 11) is 1.61. The zero-order valence-electron chi connectivity index (χ0n) is 9.93. The third kappa shape index (κ3) is 3.42. The molecule has 0 aliphatic rings. The minimum absolute atomic E-state index is 0.594. The van der Waals surface area contributed by atoms with Gasteiger partial charge in [0.1, 0.15) is 11.6 Å². The van der Waals surface area contributed by atoms with E-state index in [0.29, 0.717) is 11.7 Å². The van der Waals surface area contributed by atoms with Crippen LogP contribution in [-0.4, -0.2) is 23.6 Å². The van der Waals surface area contributed by atoms with E-state index in [0.717, 1.165) is 18.8 Å². The molecule has 90 valence electrons. The predicted molar refractivity (Wildman–Crippen MR) is 69.8 cm³/mol. The number of aromatic nitrogens is 2. The molecule has 1 N–H and O–H groups in total. The van der Waals surface area contributed by atoms with E-state index in [1.54, 1.807) is 24.5 Å². The normalized spacial score (nSPS) is 10.2. The smallest absolute Gasteiger partial charge is 0.218 e. The standard InChI is InChI=1S/C12H15N3OS/c1-9-14-11(8-12(15-9)16-2)13-6-5-10-4-3-7-17-10/h3-4,7-8H,5-6H2,1-2H3,(H,13,14,15). The summed E-state index contributed by atoms with van der Waals surface area (Å²) in [6.45, 7) is 2.72. The maximum absolute atomic E-state index is 5.10. The molecule has 5 heteroatoms. The molecule has 0 atom stereocenters. The molecule has 0 spiro atoms. The number of hydrogen-bond acceptors (Lipinski definition) is 5. The molecule has 2 aromatic rings. The Balaban J connectivity index is 1.92. The van der Waals surface area contributed by atoms with Crippen LogP contribution < -0.4 is 10.1 Å². The zero-order valence-corrected chi connectivity index (χ0v) is 10.8. The fourth-order valence-electron chi connectivity index (χ4n) is 1.50. The first kappa shape index (κ1) is 11.9. The van der Waals surface area contributed by atoms with Crippen molar-refractivity contribution in [2.24, 2.45) is 0 Å². The van der Waals surface area contributed by atoms with Gasteiger partial charge in [0, 0.05) is 17.5 Å². The first-order valence-corrected chi connectivity index (χ1v) is 6.32. The van der Waals surface area contributed by atoms with E-state index in [2.05, 4.69) is 32.8 Å². The molecule has 0 radical (unpaired) electrons. The summed E-state index contributed by atoms with van der Waals surface area (Å²) in [5.74, 6) is 2.12. The predicted octanol–water partition coefficient (Wildman–Crippen LogP) is 2.51. The van der Waals surface area contributed by atoms with Gasteiger partial charge in [0.05, 0.1) is 7.11 Å². The Bertz CT molecular complexity index is 471. The van der Waals surface area contributed by atoms with Crippen molar-refractivity contribution in [1.82, 2.24) is 9.97 Å². The van der Waals surface area contributed by atoms with Crippen LogP contribution in [0.4, 0.5) is 5.82 Å². The third-order valence-corrected chi connectivity index (χ3v) is 3.22. The molecular formula is C12H15N3OS. The summed E-state index contributed by atoms with van der Waals surface area (Å²) >= 11 is 1.77. The molecule has 0 aliphatic heterocycles. The van der Waals surface area contributed by atoms with Crippen LogP contribution >= 0.6 is 11.3 Å². The summed E-state index contributed by atoms with van der Waals surface area (Å²) < 4.78 is 5.10. The van der Waals surface area contributed by atoms with E-state index >= 15 is 0 Å². The van der Waals surface area contributed by atoms with Crippen molar-refractivity contribution in [2.75, 3.05) is 19.0 Å². The number of rotatable bonds is 5. The fraction of sp³-hybridized carbons (Fsp3) is 0.333. The maximum atomic E-state index is 5.10. The molecule has 0 bridgehead atoms. The summed E-state index contributed by atoms with van der Waals surface area (Å²) in [5.41, 5.74) is 0. The van der Waals surface area contributed by atoms with Gasteiger partial charge in [-0.1, -0.05) is 6.07 Å². The van der Waals surface area contributed by atoms with Crippen molar-refractivity contribution in [1.29, 1.82) is 0 Å². The lowest BCUT2D eigenvalue weighted by Gasteiger charge is -2.07. The van der Waals surface area contributed by atoms with E-state index in [1.165, 1.54) is 4.88 Å². The van der Waals surface area contributed by atoms with Gasteiger partial charge in [-0.3, -0.25) is 0 Å². The van der Waals surface area contributed by atoms with E-state index in [9.17, 15) is 0 Å². The minimum Gasteiger partial charge on any atom is -0.481 e. The molecule has 0 fully saturated rings. The fourth-order valence-corrected chi connectivity index (χ4v) is 2.21. The number of ether oxygens (including phenoxy) is 1. The van der Waals surface area contributed by atoms with Crippen LogP contribution in [0.2, 0.25) is 0 Å². The van der Waals surface area contributed by atoms with E-state index in [4.69, 9.17) is 4.74 Å². The number of hydrogen-bond donors (Lipinski definition) is 1. The number of anilines is 1. The quantitative estimate of drug-likeness (QED) is 0.884. The lowest BCUT2D eigenvalue weighted by atomic mass is 10.3. The van der Waals surface area contributed by atoms with E-state index in [-0.39, 0.29) is 0 Å². The Labute approximate surface area is 105 Å².